The van der Waals surface area contributed by atoms with Crippen LogP contribution in [0.25, 0.3) is 10.8 Å². The summed E-state index contributed by atoms with van der Waals surface area (Å²) in [6.45, 7) is 1.65. The van der Waals surface area contributed by atoms with Crippen LogP contribution >= 0.6 is 0 Å². The van der Waals surface area contributed by atoms with Crippen molar-refractivity contribution in [2.45, 2.75) is 6.92 Å². The number of hydrogen-bond donors (Lipinski definition) is 0. The van der Waals surface area contributed by atoms with E-state index in [4.69, 9.17) is 0 Å². The number of nitrogens with zero attached hydrogens (tertiary/aromatic N) is 2. The molecular formula is C19H16N2O3. The molecule has 0 atom stereocenters. The Hall–Kier alpha value is -3.21. The minimum atomic E-state index is -0.470. The second kappa shape index (κ2) is 6.12. The average Bonchev–Trinajstić information content (AvgIpc) is 2.60. The van der Waals surface area contributed by atoms with E-state index < -0.39 is 4.92 Å². The smallest absolute Gasteiger partial charge is 0.273 e. The maximum Gasteiger partial charge on any atom is 0.273 e. The fourth-order valence-electron chi connectivity index (χ4n) is 2.64. The van der Waals surface area contributed by atoms with E-state index in [0.29, 0.717) is 11.1 Å². The summed E-state index contributed by atoms with van der Waals surface area (Å²) in [5.74, 6) is -0.284. The highest BCUT2D eigenvalue weighted by Crippen LogP contribution is 2.24. The fourth-order valence-corrected chi connectivity index (χ4v) is 2.64. The zero-order chi connectivity index (χ0) is 17.3. The van der Waals surface area contributed by atoms with Crippen LogP contribution in [0.2, 0.25) is 0 Å². The molecule has 3 aromatic carbocycles. The van der Waals surface area contributed by atoms with Crippen molar-refractivity contribution in [1.82, 2.24) is 0 Å². The maximum absolute atomic E-state index is 12.7. The van der Waals surface area contributed by atoms with E-state index in [0.717, 1.165) is 16.5 Å². The van der Waals surface area contributed by atoms with Gasteiger partial charge in [0.2, 0.25) is 0 Å². The van der Waals surface area contributed by atoms with Crippen molar-refractivity contribution in [3.63, 3.8) is 0 Å². The van der Waals surface area contributed by atoms with E-state index in [1.54, 1.807) is 26.1 Å². The number of aryl methyl sites for hydroxylation is 1. The standard InChI is InChI=1S/C19H16N2O3/c1-13-7-8-16(12-18(13)21(23)24)19(22)20(2)17-10-9-14-5-3-4-6-15(14)11-17/h3-12H,1-2H3. The number of nitro benzene ring substituents is 1. The fraction of sp³-hybridized carbons (Fsp3) is 0.105. The molecule has 0 fully saturated rings. The van der Waals surface area contributed by atoms with Crippen LogP contribution in [-0.4, -0.2) is 17.9 Å². The first-order valence-corrected chi connectivity index (χ1v) is 7.49. The summed E-state index contributed by atoms with van der Waals surface area (Å²) in [5.41, 5.74) is 1.52. The van der Waals surface area contributed by atoms with Gasteiger partial charge in [-0.05, 0) is 35.9 Å². The number of benzene rings is 3. The van der Waals surface area contributed by atoms with Crippen molar-refractivity contribution in [2.24, 2.45) is 0 Å². The normalized spacial score (nSPS) is 10.6. The summed E-state index contributed by atoms with van der Waals surface area (Å²) in [6.07, 6.45) is 0. The molecule has 3 aromatic rings. The number of carbonyl (C=O) groups excluding carboxylic acids is 1. The summed E-state index contributed by atoms with van der Waals surface area (Å²) >= 11 is 0. The molecule has 0 aliphatic carbocycles. The van der Waals surface area contributed by atoms with E-state index in [-0.39, 0.29) is 11.6 Å². The Morgan fingerprint density at radius 1 is 1.00 bits per heavy atom. The van der Waals surface area contributed by atoms with Gasteiger partial charge in [-0.1, -0.05) is 36.4 Å². The molecule has 0 saturated carbocycles. The second-order valence-corrected chi connectivity index (χ2v) is 5.65. The average molecular weight is 320 g/mol. The third-order valence-corrected chi connectivity index (χ3v) is 4.08. The molecule has 0 aliphatic rings. The lowest BCUT2D eigenvalue weighted by molar-refractivity contribution is -0.385. The van der Waals surface area contributed by atoms with Crippen molar-refractivity contribution in [1.29, 1.82) is 0 Å². The Morgan fingerprint density at radius 2 is 1.71 bits per heavy atom. The maximum atomic E-state index is 12.7. The molecule has 0 saturated heterocycles. The number of fused-ring (bicyclic) bond motifs is 1. The lowest BCUT2D eigenvalue weighted by Gasteiger charge is -2.18. The highest BCUT2D eigenvalue weighted by Gasteiger charge is 2.18. The molecule has 0 unspecified atom stereocenters. The first-order chi connectivity index (χ1) is 11.5. The third-order valence-electron chi connectivity index (χ3n) is 4.08. The molecular weight excluding hydrogens is 304 g/mol. The Morgan fingerprint density at radius 3 is 2.42 bits per heavy atom. The van der Waals surface area contributed by atoms with Crippen molar-refractivity contribution >= 4 is 28.1 Å². The molecule has 0 aliphatic heterocycles. The van der Waals surface area contributed by atoms with Gasteiger partial charge >= 0.3 is 0 Å². The zero-order valence-electron chi connectivity index (χ0n) is 13.4. The van der Waals surface area contributed by atoms with E-state index in [1.807, 2.05) is 42.5 Å². The Bertz CT molecular complexity index is 950. The van der Waals surface area contributed by atoms with Crippen molar-refractivity contribution in [2.75, 3.05) is 11.9 Å². The monoisotopic (exact) mass is 320 g/mol. The molecule has 24 heavy (non-hydrogen) atoms. The number of amides is 1. The lowest BCUT2D eigenvalue weighted by atomic mass is 10.1. The van der Waals surface area contributed by atoms with Crippen LogP contribution in [0.15, 0.2) is 60.7 Å². The predicted molar refractivity (Wildman–Crippen MR) is 94.5 cm³/mol. The summed E-state index contributed by atoms with van der Waals surface area (Å²) < 4.78 is 0. The topological polar surface area (TPSA) is 63.5 Å². The van der Waals surface area contributed by atoms with E-state index in [1.165, 1.54) is 11.0 Å². The molecule has 0 heterocycles. The molecule has 0 N–H and O–H groups in total. The molecule has 0 spiro atoms. The van der Waals surface area contributed by atoms with Gasteiger partial charge in [0, 0.05) is 29.9 Å². The molecule has 120 valence electrons. The minimum absolute atomic E-state index is 0.0484. The summed E-state index contributed by atoms with van der Waals surface area (Å²) in [7, 11) is 1.66. The van der Waals surface area contributed by atoms with Crippen LogP contribution in [-0.2, 0) is 0 Å². The summed E-state index contributed by atoms with van der Waals surface area (Å²) in [6, 6.07) is 18.2. The molecule has 1 amide bonds. The van der Waals surface area contributed by atoms with Gasteiger partial charge in [0.15, 0.2) is 0 Å². The highest BCUT2D eigenvalue weighted by atomic mass is 16.6. The van der Waals surface area contributed by atoms with Gasteiger partial charge in [-0.3, -0.25) is 14.9 Å². The largest absolute Gasteiger partial charge is 0.311 e. The van der Waals surface area contributed by atoms with Crippen LogP contribution in [0, 0.1) is 17.0 Å². The zero-order valence-corrected chi connectivity index (χ0v) is 13.4. The highest BCUT2D eigenvalue weighted by molar-refractivity contribution is 6.07. The Kier molecular flexibility index (Phi) is 4.00. The predicted octanol–water partition coefficient (Wildman–Crippen LogP) is 4.33. The van der Waals surface area contributed by atoms with Crippen molar-refractivity contribution in [3.05, 3.63) is 81.9 Å². The van der Waals surface area contributed by atoms with Crippen LogP contribution in [0.5, 0.6) is 0 Å². The number of carbonyl (C=O) groups is 1. The van der Waals surface area contributed by atoms with Crippen LogP contribution in [0.4, 0.5) is 11.4 Å². The van der Waals surface area contributed by atoms with E-state index >= 15 is 0 Å². The van der Waals surface area contributed by atoms with E-state index in [9.17, 15) is 14.9 Å². The molecule has 5 heteroatoms. The Labute approximate surface area is 139 Å². The minimum Gasteiger partial charge on any atom is -0.311 e. The SMILES string of the molecule is Cc1ccc(C(=O)N(C)c2ccc3ccccc3c2)cc1[N+](=O)[O-]. The van der Waals surface area contributed by atoms with Crippen molar-refractivity contribution < 1.29 is 9.72 Å². The quantitative estimate of drug-likeness (QED) is 0.533. The van der Waals surface area contributed by atoms with Crippen LogP contribution in [0.1, 0.15) is 15.9 Å². The summed E-state index contributed by atoms with van der Waals surface area (Å²) in [4.78, 5) is 24.8. The molecule has 0 bridgehead atoms. The number of rotatable bonds is 3. The van der Waals surface area contributed by atoms with Gasteiger partial charge in [-0.25, -0.2) is 0 Å². The third kappa shape index (κ3) is 2.84. The van der Waals surface area contributed by atoms with Gasteiger partial charge in [-0.15, -0.1) is 0 Å². The molecule has 0 aromatic heterocycles. The lowest BCUT2D eigenvalue weighted by Crippen LogP contribution is -2.26. The van der Waals surface area contributed by atoms with Crippen LogP contribution < -0.4 is 4.90 Å². The van der Waals surface area contributed by atoms with Crippen LogP contribution in [0.3, 0.4) is 0 Å². The first kappa shape index (κ1) is 15.7. The van der Waals surface area contributed by atoms with Gasteiger partial charge in [0.25, 0.3) is 11.6 Å². The number of anilines is 1. The number of nitro groups is 1. The van der Waals surface area contributed by atoms with Gasteiger partial charge in [0.05, 0.1) is 4.92 Å². The van der Waals surface area contributed by atoms with Gasteiger partial charge in [0.1, 0.15) is 0 Å². The van der Waals surface area contributed by atoms with Gasteiger partial charge < -0.3 is 4.90 Å². The summed E-state index contributed by atoms with van der Waals surface area (Å²) in [5, 5.41) is 13.2. The second-order valence-electron chi connectivity index (χ2n) is 5.65. The Balaban J connectivity index is 1.96. The van der Waals surface area contributed by atoms with Crippen molar-refractivity contribution in [3.8, 4) is 0 Å². The van der Waals surface area contributed by atoms with Gasteiger partial charge in [-0.2, -0.15) is 0 Å². The molecule has 0 radical (unpaired) electrons. The first-order valence-electron chi connectivity index (χ1n) is 7.49. The molecule has 5 nitrogen and oxygen atoms in total. The molecule has 3 rings (SSSR count). The number of hydrogen-bond acceptors (Lipinski definition) is 3. The van der Waals surface area contributed by atoms with E-state index in [2.05, 4.69) is 0 Å².